The first-order valence-electron chi connectivity index (χ1n) is 10.6. The molecule has 3 aromatic heterocycles. The highest BCUT2D eigenvalue weighted by atomic mass is 15.4. The maximum atomic E-state index is 4.72. The van der Waals surface area contributed by atoms with Gasteiger partial charge in [0.1, 0.15) is 5.82 Å². The third-order valence-electron chi connectivity index (χ3n) is 6.30. The largest absolute Gasteiger partial charge is 0.361 e. The molecule has 1 saturated heterocycles. The highest BCUT2D eigenvalue weighted by molar-refractivity contribution is 5.46. The lowest BCUT2D eigenvalue weighted by molar-refractivity contribution is 0.469. The van der Waals surface area contributed by atoms with Crippen molar-refractivity contribution in [2.45, 2.75) is 44.9 Å². The van der Waals surface area contributed by atoms with Gasteiger partial charge in [-0.3, -0.25) is 0 Å². The molecule has 0 N–H and O–H groups in total. The zero-order valence-corrected chi connectivity index (χ0v) is 17.4. The lowest BCUT2D eigenvalue weighted by Crippen LogP contribution is -2.34. The predicted octanol–water partition coefficient (Wildman–Crippen LogP) is 2.49. The quantitative estimate of drug-likeness (QED) is 0.678. The molecule has 5 rings (SSSR count). The SMILES string of the molecule is CC1CCc2nnc(N3CCC(c4nnc5ccc(N(C)C)nn45)CC3)cc2C1. The van der Waals surface area contributed by atoms with Gasteiger partial charge < -0.3 is 9.80 Å². The number of nitrogens with zero attached hydrogens (tertiary/aromatic N) is 8. The molecule has 4 heterocycles. The molecule has 29 heavy (non-hydrogen) atoms. The van der Waals surface area contributed by atoms with Crippen LogP contribution in [0.4, 0.5) is 11.6 Å². The highest BCUT2D eigenvalue weighted by Gasteiger charge is 2.27. The molecule has 1 unspecified atom stereocenters. The van der Waals surface area contributed by atoms with Crippen molar-refractivity contribution in [1.82, 2.24) is 30.0 Å². The van der Waals surface area contributed by atoms with Gasteiger partial charge in [0.15, 0.2) is 17.3 Å². The molecule has 1 atom stereocenters. The van der Waals surface area contributed by atoms with Crippen LogP contribution >= 0.6 is 0 Å². The molecule has 0 spiro atoms. The van der Waals surface area contributed by atoms with E-state index in [1.807, 2.05) is 35.6 Å². The Labute approximate surface area is 170 Å². The van der Waals surface area contributed by atoms with Crippen molar-refractivity contribution >= 4 is 17.3 Å². The van der Waals surface area contributed by atoms with E-state index in [-0.39, 0.29) is 0 Å². The number of hydrogen-bond acceptors (Lipinski definition) is 7. The maximum Gasteiger partial charge on any atom is 0.178 e. The predicted molar refractivity (Wildman–Crippen MR) is 113 cm³/mol. The number of aromatic nitrogens is 6. The van der Waals surface area contributed by atoms with Gasteiger partial charge in [-0.25, -0.2) is 0 Å². The molecule has 8 heteroatoms. The summed E-state index contributed by atoms with van der Waals surface area (Å²) in [5.74, 6) is 4.00. The van der Waals surface area contributed by atoms with Crippen LogP contribution in [0.5, 0.6) is 0 Å². The Balaban J connectivity index is 1.33. The third-order valence-corrected chi connectivity index (χ3v) is 6.30. The molecule has 8 nitrogen and oxygen atoms in total. The number of rotatable bonds is 3. The summed E-state index contributed by atoms with van der Waals surface area (Å²) in [5.41, 5.74) is 3.39. The minimum atomic E-state index is 0.358. The van der Waals surface area contributed by atoms with Gasteiger partial charge in [-0.2, -0.15) is 9.61 Å². The summed E-state index contributed by atoms with van der Waals surface area (Å²) >= 11 is 0. The maximum absolute atomic E-state index is 4.72. The second kappa shape index (κ2) is 7.24. The monoisotopic (exact) mass is 392 g/mol. The Bertz CT molecular complexity index is 1020. The lowest BCUT2D eigenvalue weighted by atomic mass is 9.88. The molecule has 0 aromatic carbocycles. The van der Waals surface area contributed by atoms with Crippen LogP contribution in [-0.2, 0) is 12.8 Å². The van der Waals surface area contributed by atoms with Gasteiger partial charge in [-0.05, 0) is 61.8 Å². The fourth-order valence-corrected chi connectivity index (χ4v) is 4.50. The zero-order valence-electron chi connectivity index (χ0n) is 17.4. The van der Waals surface area contributed by atoms with Gasteiger partial charge in [0.25, 0.3) is 0 Å². The summed E-state index contributed by atoms with van der Waals surface area (Å²) in [6.07, 6.45) is 5.45. The van der Waals surface area contributed by atoms with Crippen molar-refractivity contribution < 1.29 is 0 Å². The van der Waals surface area contributed by atoms with E-state index in [1.54, 1.807) is 0 Å². The number of hydrogen-bond donors (Lipinski definition) is 0. The van der Waals surface area contributed by atoms with E-state index in [1.165, 1.54) is 17.7 Å². The van der Waals surface area contributed by atoms with Crippen LogP contribution in [0, 0.1) is 5.92 Å². The van der Waals surface area contributed by atoms with Crippen LogP contribution in [0.25, 0.3) is 5.65 Å². The first-order chi connectivity index (χ1) is 14.1. The van der Waals surface area contributed by atoms with Crippen LogP contribution in [0.2, 0.25) is 0 Å². The van der Waals surface area contributed by atoms with Crippen molar-refractivity contribution in [3.63, 3.8) is 0 Å². The lowest BCUT2D eigenvalue weighted by Gasteiger charge is -2.32. The average molecular weight is 393 g/mol. The van der Waals surface area contributed by atoms with E-state index < -0.39 is 0 Å². The molecule has 3 aromatic rings. The average Bonchev–Trinajstić information content (AvgIpc) is 3.16. The van der Waals surface area contributed by atoms with Crippen molar-refractivity contribution in [3.05, 3.63) is 35.3 Å². The molecule has 0 bridgehead atoms. The van der Waals surface area contributed by atoms with Crippen LogP contribution in [0.15, 0.2) is 18.2 Å². The van der Waals surface area contributed by atoms with Gasteiger partial charge >= 0.3 is 0 Å². The molecule has 0 amide bonds. The Kier molecular flexibility index (Phi) is 4.56. The Morgan fingerprint density at radius 3 is 2.62 bits per heavy atom. The molecule has 152 valence electrons. The smallest absolute Gasteiger partial charge is 0.178 e. The molecule has 1 aliphatic heterocycles. The van der Waals surface area contributed by atoms with Crippen LogP contribution in [-0.4, -0.2) is 57.2 Å². The normalized spacial score (nSPS) is 20.1. The summed E-state index contributed by atoms with van der Waals surface area (Å²) in [5, 5.41) is 22.6. The summed E-state index contributed by atoms with van der Waals surface area (Å²) in [7, 11) is 3.99. The Morgan fingerprint density at radius 1 is 1.00 bits per heavy atom. The van der Waals surface area contributed by atoms with E-state index in [9.17, 15) is 0 Å². The van der Waals surface area contributed by atoms with Gasteiger partial charge in [-0.15, -0.1) is 20.4 Å². The Morgan fingerprint density at radius 2 is 1.83 bits per heavy atom. The van der Waals surface area contributed by atoms with Gasteiger partial charge in [0.05, 0.1) is 5.69 Å². The molecule has 0 radical (unpaired) electrons. The van der Waals surface area contributed by atoms with Crippen molar-refractivity contribution in [2.24, 2.45) is 5.92 Å². The fraction of sp³-hybridized carbons (Fsp3) is 0.571. The van der Waals surface area contributed by atoms with Crippen molar-refractivity contribution in [3.8, 4) is 0 Å². The molecule has 1 aliphatic carbocycles. The van der Waals surface area contributed by atoms with E-state index in [4.69, 9.17) is 5.10 Å². The fourth-order valence-electron chi connectivity index (χ4n) is 4.50. The topological polar surface area (TPSA) is 75.3 Å². The Hall–Kier alpha value is -2.77. The number of fused-ring (bicyclic) bond motifs is 2. The number of anilines is 2. The molecule has 2 aliphatic rings. The minimum Gasteiger partial charge on any atom is -0.361 e. The first-order valence-corrected chi connectivity index (χ1v) is 10.6. The standard InChI is InChI=1S/C21H28N8/c1-14-4-5-17-16(12-14)13-20(24-22-17)28-10-8-15(9-11-28)21-25-23-18-6-7-19(27(2)3)26-29(18)21/h6-7,13-15H,4-5,8-12H2,1-3H3. The highest BCUT2D eigenvalue weighted by Crippen LogP contribution is 2.31. The minimum absolute atomic E-state index is 0.358. The van der Waals surface area contributed by atoms with Crippen LogP contribution < -0.4 is 9.80 Å². The molecular formula is C21H28N8. The molecule has 0 saturated carbocycles. The van der Waals surface area contributed by atoms with Crippen molar-refractivity contribution in [1.29, 1.82) is 0 Å². The summed E-state index contributed by atoms with van der Waals surface area (Å²) < 4.78 is 1.91. The number of piperidine rings is 1. The van der Waals surface area contributed by atoms with Crippen LogP contribution in [0.3, 0.4) is 0 Å². The second-order valence-electron chi connectivity index (χ2n) is 8.70. The second-order valence-corrected chi connectivity index (χ2v) is 8.70. The summed E-state index contributed by atoms with van der Waals surface area (Å²) in [4.78, 5) is 4.37. The summed E-state index contributed by atoms with van der Waals surface area (Å²) in [6.45, 7) is 4.24. The third kappa shape index (κ3) is 3.41. The summed E-state index contributed by atoms with van der Waals surface area (Å²) in [6, 6.07) is 6.24. The number of aryl methyl sites for hydroxylation is 1. The van der Waals surface area contributed by atoms with Gasteiger partial charge in [0, 0.05) is 33.1 Å². The van der Waals surface area contributed by atoms with E-state index >= 15 is 0 Å². The van der Waals surface area contributed by atoms with Crippen molar-refractivity contribution in [2.75, 3.05) is 37.0 Å². The van der Waals surface area contributed by atoms with Gasteiger partial charge in [0.2, 0.25) is 0 Å². The molecular weight excluding hydrogens is 364 g/mol. The van der Waals surface area contributed by atoms with E-state index in [0.29, 0.717) is 5.92 Å². The molecule has 1 fully saturated rings. The zero-order chi connectivity index (χ0) is 20.0. The first kappa shape index (κ1) is 18.3. The van der Waals surface area contributed by atoms with Crippen LogP contribution in [0.1, 0.15) is 49.2 Å². The van der Waals surface area contributed by atoms with E-state index in [2.05, 4.69) is 38.3 Å². The van der Waals surface area contributed by atoms with E-state index in [0.717, 1.165) is 67.8 Å². The van der Waals surface area contributed by atoms with Gasteiger partial charge in [-0.1, -0.05) is 6.92 Å².